The van der Waals surface area contributed by atoms with E-state index in [9.17, 15) is 4.39 Å². The zero-order valence-corrected chi connectivity index (χ0v) is 12.9. The lowest BCUT2D eigenvalue weighted by molar-refractivity contribution is 0.197. The largest absolute Gasteiger partial charge is 0.367 e. The van der Waals surface area contributed by atoms with Gasteiger partial charge in [0.25, 0.3) is 0 Å². The standard InChI is InChI=1S/C17H26FN3/c1-14-6-7-19-15(12-14)13-20-8-10-21(11-9-20)17-5-3-2-4-16(17)18/h2-5,14-15,19H,6-13H2,1H3. The first kappa shape index (κ1) is 14.8. The van der Waals surface area contributed by atoms with E-state index in [-0.39, 0.29) is 5.82 Å². The fourth-order valence-electron chi connectivity index (χ4n) is 3.55. The van der Waals surface area contributed by atoms with Crippen LogP contribution < -0.4 is 10.2 Å². The summed E-state index contributed by atoms with van der Waals surface area (Å²) in [4.78, 5) is 4.69. The van der Waals surface area contributed by atoms with Crippen LogP contribution in [0.2, 0.25) is 0 Å². The molecule has 116 valence electrons. The van der Waals surface area contributed by atoms with Crippen LogP contribution in [0.15, 0.2) is 24.3 Å². The second kappa shape index (κ2) is 6.75. The van der Waals surface area contributed by atoms with E-state index in [1.54, 1.807) is 12.1 Å². The van der Waals surface area contributed by atoms with Crippen LogP contribution in [0, 0.1) is 11.7 Å². The van der Waals surface area contributed by atoms with E-state index in [0.717, 1.165) is 50.9 Å². The Kier molecular flexibility index (Phi) is 4.76. The number of piperidine rings is 1. The number of nitrogens with zero attached hydrogens (tertiary/aromatic N) is 2. The molecule has 2 aliphatic rings. The zero-order chi connectivity index (χ0) is 14.7. The molecule has 3 nitrogen and oxygen atoms in total. The van der Waals surface area contributed by atoms with Crippen LogP contribution in [0.25, 0.3) is 0 Å². The van der Waals surface area contributed by atoms with Gasteiger partial charge in [-0.1, -0.05) is 19.1 Å². The number of anilines is 1. The average Bonchev–Trinajstić information content (AvgIpc) is 2.49. The summed E-state index contributed by atoms with van der Waals surface area (Å²) in [6.45, 7) is 8.54. The molecule has 4 heteroatoms. The molecule has 2 unspecified atom stereocenters. The maximum Gasteiger partial charge on any atom is 0.146 e. The normalized spacial score (nSPS) is 27.8. The maximum absolute atomic E-state index is 13.8. The van der Waals surface area contributed by atoms with Crippen LogP contribution >= 0.6 is 0 Å². The quantitative estimate of drug-likeness (QED) is 0.922. The van der Waals surface area contributed by atoms with Gasteiger partial charge in [0.05, 0.1) is 5.69 Å². The highest BCUT2D eigenvalue weighted by Gasteiger charge is 2.24. The molecule has 0 radical (unpaired) electrons. The van der Waals surface area contributed by atoms with Gasteiger partial charge in [-0.2, -0.15) is 0 Å². The van der Waals surface area contributed by atoms with Crippen molar-refractivity contribution in [3.63, 3.8) is 0 Å². The monoisotopic (exact) mass is 291 g/mol. The Morgan fingerprint density at radius 1 is 1.19 bits per heavy atom. The molecule has 2 saturated heterocycles. The molecule has 0 aliphatic carbocycles. The molecule has 0 aromatic heterocycles. The average molecular weight is 291 g/mol. The molecule has 0 saturated carbocycles. The number of hydrogen-bond acceptors (Lipinski definition) is 3. The van der Waals surface area contributed by atoms with Crippen molar-refractivity contribution in [2.24, 2.45) is 5.92 Å². The lowest BCUT2D eigenvalue weighted by atomic mass is 9.94. The summed E-state index contributed by atoms with van der Waals surface area (Å²) in [5.41, 5.74) is 0.751. The third-order valence-corrected chi connectivity index (χ3v) is 4.80. The van der Waals surface area contributed by atoms with Crippen molar-refractivity contribution in [1.29, 1.82) is 0 Å². The van der Waals surface area contributed by atoms with E-state index in [2.05, 4.69) is 22.0 Å². The highest BCUT2D eigenvalue weighted by molar-refractivity contribution is 5.47. The number of halogens is 1. The van der Waals surface area contributed by atoms with E-state index in [0.29, 0.717) is 6.04 Å². The van der Waals surface area contributed by atoms with E-state index in [1.165, 1.54) is 12.8 Å². The van der Waals surface area contributed by atoms with Crippen molar-refractivity contribution < 1.29 is 4.39 Å². The predicted octanol–water partition coefficient (Wildman–Crippen LogP) is 2.34. The van der Waals surface area contributed by atoms with E-state index in [1.807, 2.05) is 12.1 Å². The van der Waals surface area contributed by atoms with Crippen molar-refractivity contribution >= 4 is 5.69 Å². The Morgan fingerprint density at radius 3 is 2.67 bits per heavy atom. The molecule has 21 heavy (non-hydrogen) atoms. The molecule has 2 heterocycles. The summed E-state index contributed by atoms with van der Waals surface area (Å²) in [5, 5.41) is 3.63. The van der Waals surface area contributed by atoms with Gasteiger partial charge in [-0.15, -0.1) is 0 Å². The van der Waals surface area contributed by atoms with Crippen molar-refractivity contribution in [2.75, 3.05) is 44.2 Å². The lowest BCUT2D eigenvalue weighted by Crippen LogP contribution is -2.52. The van der Waals surface area contributed by atoms with Crippen molar-refractivity contribution in [2.45, 2.75) is 25.8 Å². The molecule has 2 atom stereocenters. The summed E-state index contributed by atoms with van der Waals surface area (Å²) >= 11 is 0. The first-order chi connectivity index (χ1) is 10.2. The molecular weight excluding hydrogens is 265 g/mol. The van der Waals surface area contributed by atoms with Crippen LogP contribution in [0.3, 0.4) is 0 Å². The molecule has 1 N–H and O–H groups in total. The molecular formula is C17H26FN3. The molecule has 0 bridgehead atoms. The van der Waals surface area contributed by atoms with Gasteiger partial charge < -0.3 is 10.2 Å². The number of rotatable bonds is 3. The van der Waals surface area contributed by atoms with Gasteiger partial charge in [0.2, 0.25) is 0 Å². The Labute approximate surface area is 127 Å². The SMILES string of the molecule is CC1CCNC(CN2CCN(c3ccccc3F)CC2)C1. The first-order valence-electron chi connectivity index (χ1n) is 8.17. The van der Waals surface area contributed by atoms with E-state index >= 15 is 0 Å². The molecule has 1 aromatic rings. The zero-order valence-electron chi connectivity index (χ0n) is 12.9. The van der Waals surface area contributed by atoms with Gasteiger partial charge in [-0.25, -0.2) is 4.39 Å². The molecule has 0 amide bonds. The minimum atomic E-state index is -0.103. The molecule has 3 rings (SSSR count). The van der Waals surface area contributed by atoms with E-state index in [4.69, 9.17) is 0 Å². The van der Waals surface area contributed by atoms with Crippen LogP contribution in [0.5, 0.6) is 0 Å². The Bertz CT molecular complexity index is 457. The van der Waals surface area contributed by atoms with Crippen molar-refractivity contribution in [3.8, 4) is 0 Å². The number of para-hydroxylation sites is 1. The Balaban J connectivity index is 1.50. The van der Waals surface area contributed by atoms with Crippen LogP contribution in [-0.4, -0.2) is 50.2 Å². The minimum absolute atomic E-state index is 0.103. The summed E-state index contributed by atoms with van der Waals surface area (Å²) in [6, 6.07) is 7.74. The van der Waals surface area contributed by atoms with Crippen molar-refractivity contribution in [1.82, 2.24) is 10.2 Å². The van der Waals surface area contributed by atoms with Crippen LogP contribution in [-0.2, 0) is 0 Å². The van der Waals surface area contributed by atoms with Gasteiger partial charge in [-0.05, 0) is 37.4 Å². The number of piperazine rings is 1. The number of nitrogens with one attached hydrogen (secondary N) is 1. The van der Waals surface area contributed by atoms with Gasteiger partial charge in [0, 0.05) is 38.8 Å². The van der Waals surface area contributed by atoms with E-state index < -0.39 is 0 Å². The highest BCUT2D eigenvalue weighted by atomic mass is 19.1. The van der Waals surface area contributed by atoms with Gasteiger partial charge in [-0.3, -0.25) is 4.90 Å². The predicted molar refractivity (Wildman–Crippen MR) is 85.2 cm³/mol. The smallest absolute Gasteiger partial charge is 0.146 e. The summed E-state index contributed by atoms with van der Waals surface area (Å²) < 4.78 is 13.8. The second-order valence-corrected chi connectivity index (χ2v) is 6.52. The van der Waals surface area contributed by atoms with Gasteiger partial charge >= 0.3 is 0 Å². The molecule has 1 aromatic carbocycles. The lowest BCUT2D eigenvalue weighted by Gasteiger charge is -2.39. The Morgan fingerprint density at radius 2 is 1.95 bits per heavy atom. The summed E-state index contributed by atoms with van der Waals surface area (Å²) in [5.74, 6) is 0.740. The first-order valence-corrected chi connectivity index (χ1v) is 8.17. The number of benzene rings is 1. The molecule has 2 aliphatic heterocycles. The Hall–Kier alpha value is -1.13. The highest BCUT2D eigenvalue weighted by Crippen LogP contribution is 2.21. The second-order valence-electron chi connectivity index (χ2n) is 6.52. The fraction of sp³-hybridized carbons (Fsp3) is 0.647. The van der Waals surface area contributed by atoms with Crippen LogP contribution in [0.1, 0.15) is 19.8 Å². The van der Waals surface area contributed by atoms with Gasteiger partial charge in [0.15, 0.2) is 0 Å². The molecule has 0 spiro atoms. The summed E-state index contributed by atoms with van der Waals surface area (Å²) in [7, 11) is 0. The minimum Gasteiger partial charge on any atom is -0.367 e. The summed E-state index contributed by atoms with van der Waals surface area (Å²) in [6.07, 6.45) is 2.59. The third kappa shape index (κ3) is 3.74. The maximum atomic E-state index is 13.8. The third-order valence-electron chi connectivity index (χ3n) is 4.80. The topological polar surface area (TPSA) is 18.5 Å². The van der Waals surface area contributed by atoms with Crippen molar-refractivity contribution in [3.05, 3.63) is 30.1 Å². The molecule has 2 fully saturated rings. The number of hydrogen-bond donors (Lipinski definition) is 1. The fourth-order valence-corrected chi connectivity index (χ4v) is 3.55. The van der Waals surface area contributed by atoms with Gasteiger partial charge in [0.1, 0.15) is 5.82 Å². The van der Waals surface area contributed by atoms with Crippen LogP contribution in [0.4, 0.5) is 10.1 Å².